The van der Waals surface area contributed by atoms with Crippen LogP contribution >= 0.6 is 45.2 Å². The number of carbonyl (C=O) groups is 1. The van der Waals surface area contributed by atoms with Gasteiger partial charge in [0.2, 0.25) is 5.91 Å². The average Bonchev–Trinajstić information content (AvgIpc) is 2.42. The molecule has 0 atom stereocenters. The van der Waals surface area contributed by atoms with Gasteiger partial charge in [0.25, 0.3) is 0 Å². The molecule has 112 valence electrons. The Morgan fingerprint density at radius 1 is 1.26 bits per heavy atom. The van der Waals surface area contributed by atoms with Gasteiger partial charge in [0.1, 0.15) is 6.61 Å². The molecule has 1 saturated carbocycles. The normalized spacial score (nSPS) is 23.6. The van der Waals surface area contributed by atoms with E-state index in [1.54, 1.807) is 7.11 Å². The Morgan fingerprint density at radius 3 is 2.53 bits per heavy atom. The Kier molecular flexibility index (Phi) is 9.95. The highest BCUT2D eigenvalue weighted by atomic mass is 127. The van der Waals surface area contributed by atoms with Crippen LogP contribution in [0.5, 0.6) is 0 Å². The number of alkyl halides is 2. The summed E-state index contributed by atoms with van der Waals surface area (Å²) in [5.41, 5.74) is 0. The molecule has 0 radical (unpaired) electrons. The molecule has 0 aromatic rings. The summed E-state index contributed by atoms with van der Waals surface area (Å²) in [5, 5.41) is 2.96. The third-order valence-corrected chi connectivity index (χ3v) is 5.53. The van der Waals surface area contributed by atoms with Gasteiger partial charge in [-0.2, -0.15) is 0 Å². The summed E-state index contributed by atoms with van der Waals surface area (Å²) >= 11 is 5.03. The minimum absolute atomic E-state index is 0.0149. The van der Waals surface area contributed by atoms with Crippen LogP contribution in [0.3, 0.4) is 0 Å². The molecule has 0 aromatic heterocycles. The van der Waals surface area contributed by atoms with E-state index in [1.165, 1.54) is 25.7 Å². The maximum absolute atomic E-state index is 11.5. The van der Waals surface area contributed by atoms with E-state index >= 15 is 0 Å². The lowest BCUT2D eigenvalue weighted by Crippen LogP contribution is -2.34. The first kappa shape index (κ1) is 17.9. The summed E-state index contributed by atoms with van der Waals surface area (Å²) in [7, 11) is 1.62. The minimum Gasteiger partial charge on any atom is -0.382 e. The highest BCUT2D eigenvalue weighted by molar-refractivity contribution is 14.2. The highest BCUT2D eigenvalue weighted by Gasteiger charge is 2.24. The highest BCUT2D eigenvalue weighted by Crippen LogP contribution is 2.36. The molecular weight excluding hydrogens is 472 g/mol. The Balaban J connectivity index is 2.05. The van der Waals surface area contributed by atoms with Crippen molar-refractivity contribution in [3.05, 3.63) is 0 Å². The number of hydrogen-bond donors (Lipinski definition) is 1. The molecule has 0 saturated heterocycles. The summed E-state index contributed by atoms with van der Waals surface area (Å²) in [5.74, 6) is 1.48. The van der Waals surface area contributed by atoms with Crippen molar-refractivity contribution in [2.24, 2.45) is 11.8 Å². The Hall–Kier alpha value is 0.850. The number of nitrogens with one attached hydrogen (secondary N) is 1. The maximum Gasteiger partial charge on any atom is 0.246 e. The fourth-order valence-corrected chi connectivity index (χ4v) is 3.70. The van der Waals surface area contributed by atoms with Crippen molar-refractivity contribution >= 4 is 51.1 Å². The number of ether oxygens (including phenoxy) is 2. The molecule has 19 heavy (non-hydrogen) atoms. The minimum atomic E-state index is -0.0149. The van der Waals surface area contributed by atoms with Gasteiger partial charge in [-0.3, -0.25) is 4.79 Å². The maximum atomic E-state index is 11.5. The van der Waals surface area contributed by atoms with Crippen LogP contribution in [0.15, 0.2) is 0 Å². The van der Waals surface area contributed by atoms with Gasteiger partial charge in [-0.05, 0) is 37.5 Å². The first-order valence-electron chi connectivity index (χ1n) is 6.75. The summed E-state index contributed by atoms with van der Waals surface area (Å²) in [6.45, 7) is 1.95. The monoisotopic (exact) mass is 495 g/mol. The van der Waals surface area contributed by atoms with Crippen LogP contribution in [0.4, 0.5) is 0 Å². The zero-order valence-electron chi connectivity index (χ0n) is 11.4. The molecule has 1 N–H and O–H groups in total. The Morgan fingerprint density at radius 2 is 1.95 bits per heavy atom. The van der Waals surface area contributed by atoms with E-state index in [9.17, 15) is 4.79 Å². The second-order valence-corrected chi connectivity index (χ2v) is 10.0. The molecule has 0 heterocycles. The van der Waals surface area contributed by atoms with Crippen LogP contribution in [0.1, 0.15) is 25.7 Å². The predicted octanol–water partition coefficient (Wildman–Crippen LogP) is 2.77. The Bertz CT molecular complexity index is 256. The van der Waals surface area contributed by atoms with Gasteiger partial charge in [-0.25, -0.2) is 0 Å². The topological polar surface area (TPSA) is 47.6 Å². The molecule has 6 heteroatoms. The third-order valence-electron chi connectivity index (χ3n) is 3.50. The molecule has 1 amide bonds. The lowest BCUT2D eigenvalue weighted by molar-refractivity contribution is -0.126. The predicted molar refractivity (Wildman–Crippen MR) is 93.0 cm³/mol. The van der Waals surface area contributed by atoms with Crippen LogP contribution in [0, 0.1) is 11.8 Å². The molecule has 0 spiro atoms. The fourth-order valence-electron chi connectivity index (χ4n) is 2.26. The van der Waals surface area contributed by atoms with Crippen molar-refractivity contribution in [1.29, 1.82) is 0 Å². The second kappa shape index (κ2) is 10.6. The van der Waals surface area contributed by atoms with E-state index in [-0.39, 0.29) is 12.5 Å². The van der Waals surface area contributed by atoms with Crippen molar-refractivity contribution in [3.8, 4) is 0 Å². The van der Waals surface area contributed by atoms with Crippen molar-refractivity contribution in [1.82, 2.24) is 5.32 Å². The number of methoxy groups -OCH3 is 1. The van der Waals surface area contributed by atoms with E-state index in [0.29, 0.717) is 19.1 Å². The molecule has 1 aliphatic carbocycles. The zero-order valence-corrected chi connectivity index (χ0v) is 15.7. The van der Waals surface area contributed by atoms with Crippen LogP contribution in [0.25, 0.3) is 0 Å². The first-order valence-corrected chi connectivity index (χ1v) is 9.24. The fraction of sp³-hybridized carbons (Fsp3) is 0.923. The van der Waals surface area contributed by atoms with E-state index in [1.807, 2.05) is 0 Å². The van der Waals surface area contributed by atoms with Gasteiger partial charge in [-0.1, -0.05) is 45.2 Å². The lowest BCUT2D eigenvalue weighted by atomic mass is 9.83. The van der Waals surface area contributed by atoms with Gasteiger partial charge in [0.05, 0.1) is 15.1 Å². The van der Waals surface area contributed by atoms with E-state index in [4.69, 9.17) is 9.47 Å². The molecular formula is C13H23I2NO3. The number of carbonyl (C=O) groups excluding carboxylic acids is 1. The molecule has 0 aromatic carbocycles. The molecule has 4 nitrogen and oxygen atoms in total. The van der Waals surface area contributed by atoms with Crippen LogP contribution in [-0.4, -0.2) is 41.3 Å². The van der Waals surface area contributed by atoms with Crippen LogP contribution in [0.2, 0.25) is 0 Å². The van der Waals surface area contributed by atoms with Gasteiger partial charge in [0.15, 0.2) is 0 Å². The zero-order chi connectivity index (χ0) is 14.1. The number of rotatable bonds is 8. The van der Waals surface area contributed by atoms with Gasteiger partial charge in [0, 0.05) is 13.7 Å². The molecule has 0 bridgehead atoms. The molecule has 1 fully saturated rings. The molecule has 0 unspecified atom stereocenters. The van der Waals surface area contributed by atoms with E-state index < -0.39 is 0 Å². The van der Waals surface area contributed by atoms with Crippen molar-refractivity contribution < 1.29 is 14.3 Å². The first-order chi connectivity index (χ1) is 9.13. The van der Waals surface area contributed by atoms with Crippen LogP contribution < -0.4 is 5.32 Å². The van der Waals surface area contributed by atoms with E-state index in [0.717, 1.165) is 14.4 Å². The third kappa shape index (κ3) is 8.01. The number of amides is 1. The largest absolute Gasteiger partial charge is 0.382 e. The molecule has 0 aliphatic heterocycles. The molecule has 1 aliphatic rings. The van der Waals surface area contributed by atoms with Crippen LogP contribution in [-0.2, 0) is 14.3 Å². The smallest absolute Gasteiger partial charge is 0.246 e. The van der Waals surface area contributed by atoms with Crippen molar-refractivity contribution in [3.63, 3.8) is 0 Å². The summed E-state index contributed by atoms with van der Waals surface area (Å²) < 4.78 is 10.8. The van der Waals surface area contributed by atoms with Crippen molar-refractivity contribution in [2.75, 3.05) is 33.5 Å². The quantitative estimate of drug-likeness (QED) is 0.320. The summed E-state index contributed by atoms with van der Waals surface area (Å²) in [6, 6.07) is 0. The summed E-state index contributed by atoms with van der Waals surface area (Å²) in [6.07, 6.45) is 5.05. The van der Waals surface area contributed by atoms with E-state index in [2.05, 4.69) is 50.5 Å². The second-order valence-electron chi connectivity index (χ2n) is 4.96. The van der Waals surface area contributed by atoms with Crippen molar-refractivity contribution in [2.45, 2.75) is 27.6 Å². The Labute approximate surface area is 143 Å². The average molecular weight is 495 g/mol. The number of halogens is 2. The van der Waals surface area contributed by atoms with Gasteiger partial charge >= 0.3 is 0 Å². The van der Waals surface area contributed by atoms with Gasteiger partial charge in [-0.15, -0.1) is 0 Å². The standard InChI is InChI=1S/C13H23I2NO3/c1-18-6-7-19-9-12(17)16-8-10-2-4-11(5-3-10)13(14)15/h10-11,13H,2-9H2,1H3,(H,16,17). The van der Waals surface area contributed by atoms with Gasteiger partial charge < -0.3 is 14.8 Å². The summed E-state index contributed by atoms with van der Waals surface area (Å²) in [4.78, 5) is 11.5. The lowest BCUT2D eigenvalue weighted by Gasteiger charge is -2.29. The SMILES string of the molecule is COCCOCC(=O)NCC1CCC(C(I)I)CC1. The number of hydrogen-bond acceptors (Lipinski definition) is 3. The molecule has 1 rings (SSSR count).